The summed E-state index contributed by atoms with van der Waals surface area (Å²) in [5.41, 5.74) is 1.30. The molecule has 1 aromatic carbocycles. The van der Waals surface area contributed by atoms with Gasteiger partial charge >= 0.3 is 0 Å². The third-order valence-electron chi connectivity index (χ3n) is 2.46. The third kappa shape index (κ3) is 4.77. The average molecular weight is 300 g/mol. The lowest BCUT2D eigenvalue weighted by Crippen LogP contribution is -2.24. The zero-order chi connectivity index (χ0) is 12.8. The maximum absolute atomic E-state index is 11.8. The second kappa shape index (κ2) is 6.64. The number of hydrogen-bond acceptors (Lipinski definition) is 2. The Morgan fingerprint density at radius 2 is 2.24 bits per heavy atom. The normalized spacial score (nSPS) is 12.2. The number of halogens is 1. The summed E-state index contributed by atoms with van der Waals surface area (Å²) in [5.74, 6) is -0.185. The molecule has 0 aromatic heterocycles. The van der Waals surface area contributed by atoms with Crippen LogP contribution < -0.4 is 5.32 Å². The Morgan fingerprint density at radius 3 is 2.88 bits per heavy atom. The lowest BCUT2D eigenvalue weighted by Gasteiger charge is -2.08. The Kier molecular flexibility index (Phi) is 5.48. The van der Waals surface area contributed by atoms with Gasteiger partial charge in [-0.25, -0.2) is 0 Å². The van der Waals surface area contributed by atoms with Crippen molar-refractivity contribution in [2.45, 2.75) is 31.5 Å². The van der Waals surface area contributed by atoms with Crippen molar-refractivity contribution in [2.75, 3.05) is 6.54 Å². The van der Waals surface area contributed by atoms with Crippen molar-refractivity contribution >= 4 is 21.8 Å². The van der Waals surface area contributed by atoms with Crippen molar-refractivity contribution in [3.8, 4) is 5.75 Å². The minimum atomic E-state index is -0.214. The molecule has 17 heavy (non-hydrogen) atoms. The SMILES string of the molecule is Cc1ccc(O)c(C(=O)NCCCC(C)Br)c1. The lowest BCUT2D eigenvalue weighted by atomic mass is 10.1. The molecule has 1 unspecified atom stereocenters. The molecule has 1 aromatic rings. The highest BCUT2D eigenvalue weighted by atomic mass is 79.9. The average Bonchev–Trinajstić information content (AvgIpc) is 2.27. The minimum Gasteiger partial charge on any atom is -0.507 e. The van der Waals surface area contributed by atoms with Gasteiger partial charge in [0, 0.05) is 11.4 Å². The monoisotopic (exact) mass is 299 g/mol. The van der Waals surface area contributed by atoms with Crippen molar-refractivity contribution in [3.05, 3.63) is 29.3 Å². The summed E-state index contributed by atoms with van der Waals surface area (Å²) in [6.07, 6.45) is 1.94. The van der Waals surface area contributed by atoms with E-state index in [0.717, 1.165) is 18.4 Å². The van der Waals surface area contributed by atoms with E-state index in [1.54, 1.807) is 18.2 Å². The van der Waals surface area contributed by atoms with Crippen LogP contribution in [-0.2, 0) is 0 Å². The molecule has 1 amide bonds. The fraction of sp³-hybridized carbons (Fsp3) is 0.462. The number of aryl methyl sites for hydroxylation is 1. The maximum Gasteiger partial charge on any atom is 0.255 e. The minimum absolute atomic E-state index is 0.0296. The molecule has 2 N–H and O–H groups in total. The van der Waals surface area contributed by atoms with Crippen LogP contribution in [0.15, 0.2) is 18.2 Å². The number of nitrogens with one attached hydrogen (secondary N) is 1. The molecule has 1 atom stereocenters. The highest BCUT2D eigenvalue weighted by molar-refractivity contribution is 9.09. The second-order valence-corrected chi connectivity index (χ2v) is 5.76. The van der Waals surface area contributed by atoms with Gasteiger partial charge in [-0.05, 0) is 31.9 Å². The van der Waals surface area contributed by atoms with Crippen molar-refractivity contribution in [1.82, 2.24) is 5.32 Å². The maximum atomic E-state index is 11.8. The van der Waals surface area contributed by atoms with Crippen LogP contribution in [0.25, 0.3) is 0 Å². The summed E-state index contributed by atoms with van der Waals surface area (Å²) >= 11 is 3.45. The zero-order valence-corrected chi connectivity index (χ0v) is 11.8. The van der Waals surface area contributed by atoms with Crippen molar-refractivity contribution in [1.29, 1.82) is 0 Å². The molecule has 94 valence electrons. The predicted molar refractivity (Wildman–Crippen MR) is 72.8 cm³/mol. The standard InChI is InChI=1S/C13H18BrNO2/c1-9-5-6-12(16)11(8-9)13(17)15-7-3-4-10(2)14/h5-6,8,10,16H,3-4,7H2,1-2H3,(H,15,17). The fourth-order valence-electron chi connectivity index (χ4n) is 1.51. The Labute approximate surface area is 110 Å². The summed E-state index contributed by atoms with van der Waals surface area (Å²) in [5, 5.41) is 12.4. The largest absolute Gasteiger partial charge is 0.507 e. The quantitative estimate of drug-likeness (QED) is 0.649. The number of hydrogen-bond donors (Lipinski definition) is 2. The smallest absolute Gasteiger partial charge is 0.255 e. The van der Waals surface area contributed by atoms with Gasteiger partial charge in [-0.1, -0.05) is 34.5 Å². The summed E-state index contributed by atoms with van der Waals surface area (Å²) < 4.78 is 0. The summed E-state index contributed by atoms with van der Waals surface area (Å²) in [6.45, 7) is 4.60. The van der Waals surface area contributed by atoms with E-state index >= 15 is 0 Å². The van der Waals surface area contributed by atoms with Gasteiger partial charge in [0.1, 0.15) is 5.75 Å². The van der Waals surface area contributed by atoms with E-state index in [1.807, 2.05) is 6.92 Å². The molecule has 0 radical (unpaired) electrons. The molecule has 0 aliphatic heterocycles. The molecule has 0 saturated carbocycles. The van der Waals surface area contributed by atoms with Gasteiger partial charge in [-0.15, -0.1) is 0 Å². The number of amides is 1. The molecule has 0 fully saturated rings. The molecular weight excluding hydrogens is 282 g/mol. The first-order valence-electron chi connectivity index (χ1n) is 5.72. The van der Waals surface area contributed by atoms with Gasteiger partial charge in [-0.2, -0.15) is 0 Å². The van der Waals surface area contributed by atoms with Gasteiger partial charge in [0.2, 0.25) is 0 Å². The third-order valence-corrected chi connectivity index (χ3v) is 2.92. The fourth-order valence-corrected chi connectivity index (χ4v) is 1.84. The summed E-state index contributed by atoms with van der Waals surface area (Å²) in [6, 6.07) is 5.02. The summed E-state index contributed by atoms with van der Waals surface area (Å²) in [7, 11) is 0. The van der Waals surface area contributed by atoms with E-state index in [1.165, 1.54) is 0 Å². The summed E-state index contributed by atoms with van der Waals surface area (Å²) in [4.78, 5) is 12.2. The van der Waals surface area contributed by atoms with Crippen molar-refractivity contribution in [3.63, 3.8) is 0 Å². The number of alkyl halides is 1. The Hall–Kier alpha value is -1.03. The Bertz CT molecular complexity index is 391. The van der Waals surface area contributed by atoms with Crippen LogP contribution in [0.5, 0.6) is 5.75 Å². The highest BCUT2D eigenvalue weighted by Crippen LogP contribution is 2.17. The van der Waals surface area contributed by atoms with Crippen LogP contribution in [-0.4, -0.2) is 22.4 Å². The molecule has 0 bridgehead atoms. The Balaban J connectivity index is 2.49. The van der Waals surface area contributed by atoms with Gasteiger partial charge < -0.3 is 10.4 Å². The van der Waals surface area contributed by atoms with Gasteiger partial charge in [0.25, 0.3) is 5.91 Å². The van der Waals surface area contributed by atoms with E-state index in [4.69, 9.17) is 0 Å². The number of carbonyl (C=O) groups is 1. The molecule has 4 heteroatoms. The molecule has 0 aliphatic carbocycles. The van der Waals surface area contributed by atoms with Crippen LogP contribution in [0.3, 0.4) is 0 Å². The van der Waals surface area contributed by atoms with Crippen LogP contribution in [0.1, 0.15) is 35.7 Å². The van der Waals surface area contributed by atoms with E-state index in [-0.39, 0.29) is 11.7 Å². The molecular formula is C13H18BrNO2. The molecule has 3 nitrogen and oxygen atoms in total. The van der Waals surface area contributed by atoms with Crippen LogP contribution >= 0.6 is 15.9 Å². The van der Waals surface area contributed by atoms with Crippen LogP contribution in [0, 0.1) is 6.92 Å². The van der Waals surface area contributed by atoms with Gasteiger partial charge in [0.15, 0.2) is 0 Å². The molecule has 0 saturated heterocycles. The number of phenols is 1. The first kappa shape index (κ1) is 14.0. The highest BCUT2D eigenvalue weighted by Gasteiger charge is 2.10. The van der Waals surface area contributed by atoms with Gasteiger partial charge in [0.05, 0.1) is 5.56 Å². The molecule has 0 aliphatic rings. The second-order valence-electron chi connectivity index (χ2n) is 4.20. The van der Waals surface area contributed by atoms with Crippen molar-refractivity contribution < 1.29 is 9.90 Å². The molecule has 0 heterocycles. The zero-order valence-electron chi connectivity index (χ0n) is 10.2. The Morgan fingerprint density at radius 1 is 1.53 bits per heavy atom. The van der Waals surface area contributed by atoms with E-state index in [9.17, 15) is 9.90 Å². The molecule has 1 rings (SSSR count). The number of phenolic OH excluding ortho intramolecular Hbond substituents is 1. The number of carbonyl (C=O) groups excluding carboxylic acids is 1. The molecule has 0 spiro atoms. The number of benzene rings is 1. The lowest BCUT2D eigenvalue weighted by molar-refractivity contribution is 0.0950. The first-order chi connectivity index (χ1) is 8.00. The van der Waals surface area contributed by atoms with E-state index < -0.39 is 0 Å². The van der Waals surface area contributed by atoms with Crippen LogP contribution in [0.2, 0.25) is 0 Å². The van der Waals surface area contributed by atoms with Crippen LogP contribution in [0.4, 0.5) is 0 Å². The van der Waals surface area contributed by atoms with E-state index in [2.05, 4.69) is 28.2 Å². The van der Waals surface area contributed by atoms with Crippen molar-refractivity contribution in [2.24, 2.45) is 0 Å². The number of rotatable bonds is 5. The first-order valence-corrected chi connectivity index (χ1v) is 6.64. The van der Waals surface area contributed by atoms with Gasteiger partial charge in [-0.3, -0.25) is 4.79 Å². The number of aromatic hydroxyl groups is 1. The van der Waals surface area contributed by atoms with E-state index in [0.29, 0.717) is 16.9 Å². The predicted octanol–water partition coefficient (Wildman–Crippen LogP) is 2.99. The topological polar surface area (TPSA) is 49.3 Å².